The number of halogens is 2. The maximum atomic E-state index is 12.9. The van der Waals surface area contributed by atoms with Crippen LogP contribution in [0.5, 0.6) is 0 Å². The number of carbonyl (C=O) groups is 1. The van der Waals surface area contributed by atoms with Crippen molar-refractivity contribution in [1.29, 1.82) is 0 Å². The lowest BCUT2D eigenvalue weighted by Crippen LogP contribution is -2.07. The summed E-state index contributed by atoms with van der Waals surface area (Å²) in [4.78, 5) is 14.5. The van der Waals surface area contributed by atoms with Gasteiger partial charge in [0.1, 0.15) is 5.56 Å². The Morgan fingerprint density at radius 3 is 2.83 bits per heavy atom. The average Bonchev–Trinajstić information content (AvgIpc) is 2.03. The van der Waals surface area contributed by atoms with Crippen molar-refractivity contribution in [3.63, 3.8) is 0 Å². The molecule has 0 amide bonds. The Morgan fingerprint density at radius 2 is 2.33 bits per heavy atom. The summed E-state index contributed by atoms with van der Waals surface area (Å²) in [7, 11) is 1.21. The number of methoxy groups -OCH3 is 1. The Bertz CT molecular complexity index is 296. The first kappa shape index (κ1) is 9.37. The highest BCUT2D eigenvalue weighted by atomic mass is 127. The lowest BCUT2D eigenvalue weighted by atomic mass is 10.2. The predicted octanol–water partition coefficient (Wildman–Crippen LogP) is 1.61. The van der Waals surface area contributed by atoms with E-state index < -0.39 is 11.8 Å². The van der Waals surface area contributed by atoms with Gasteiger partial charge in [0, 0.05) is 9.77 Å². The minimum atomic E-state index is -0.681. The summed E-state index contributed by atoms with van der Waals surface area (Å²) in [6, 6.07) is 0. The lowest BCUT2D eigenvalue weighted by molar-refractivity contribution is 0.0594. The molecule has 0 aromatic carbocycles. The Kier molecular flexibility index (Phi) is 2.96. The first-order chi connectivity index (χ1) is 5.66. The van der Waals surface area contributed by atoms with Crippen LogP contribution in [0.25, 0.3) is 0 Å². The van der Waals surface area contributed by atoms with Crippen molar-refractivity contribution in [2.24, 2.45) is 0 Å². The van der Waals surface area contributed by atoms with E-state index in [9.17, 15) is 9.18 Å². The molecule has 0 saturated carbocycles. The third-order valence-electron chi connectivity index (χ3n) is 1.24. The monoisotopic (exact) mass is 281 g/mol. The number of nitrogens with zero attached hydrogens (tertiary/aromatic N) is 1. The van der Waals surface area contributed by atoms with E-state index in [-0.39, 0.29) is 5.56 Å². The molecule has 1 rings (SSSR count). The molecule has 0 aliphatic carbocycles. The molecule has 12 heavy (non-hydrogen) atoms. The van der Waals surface area contributed by atoms with Crippen molar-refractivity contribution in [3.05, 3.63) is 27.3 Å². The van der Waals surface area contributed by atoms with Gasteiger partial charge >= 0.3 is 5.97 Å². The number of esters is 1. The average molecular weight is 281 g/mol. The first-order valence-electron chi connectivity index (χ1n) is 3.04. The Balaban J connectivity index is 3.21. The van der Waals surface area contributed by atoms with Gasteiger partial charge in [0.2, 0.25) is 0 Å². The summed E-state index contributed by atoms with van der Waals surface area (Å²) in [5, 5.41) is 0. The fraction of sp³-hybridized carbons (Fsp3) is 0.143. The molecular formula is C7H5FINO2. The molecule has 0 bridgehead atoms. The molecule has 0 fully saturated rings. The smallest absolute Gasteiger partial charge is 0.342 e. The van der Waals surface area contributed by atoms with Crippen LogP contribution in [0, 0.1) is 9.39 Å². The van der Waals surface area contributed by atoms with Crippen molar-refractivity contribution >= 4 is 28.6 Å². The van der Waals surface area contributed by atoms with E-state index in [1.54, 1.807) is 0 Å². The fourth-order valence-electron chi connectivity index (χ4n) is 0.708. The van der Waals surface area contributed by atoms with E-state index in [0.29, 0.717) is 3.57 Å². The predicted molar refractivity (Wildman–Crippen MR) is 48.3 cm³/mol. The highest BCUT2D eigenvalue weighted by Crippen LogP contribution is 2.14. The van der Waals surface area contributed by atoms with Gasteiger partial charge < -0.3 is 4.74 Å². The Labute approximate surface area is 82.1 Å². The van der Waals surface area contributed by atoms with Crippen molar-refractivity contribution in [1.82, 2.24) is 4.98 Å². The molecule has 64 valence electrons. The van der Waals surface area contributed by atoms with E-state index in [0.717, 1.165) is 6.20 Å². The van der Waals surface area contributed by atoms with Crippen molar-refractivity contribution < 1.29 is 13.9 Å². The molecular weight excluding hydrogens is 276 g/mol. The van der Waals surface area contributed by atoms with Crippen LogP contribution in [0.1, 0.15) is 10.4 Å². The lowest BCUT2D eigenvalue weighted by Gasteiger charge is -2.01. The van der Waals surface area contributed by atoms with Gasteiger partial charge in [-0.2, -0.15) is 0 Å². The second-order valence-corrected chi connectivity index (χ2v) is 3.13. The summed E-state index contributed by atoms with van der Waals surface area (Å²) in [5.41, 5.74) is -0.0619. The normalized spacial score (nSPS) is 9.58. The highest BCUT2D eigenvalue weighted by molar-refractivity contribution is 14.1. The molecule has 3 nitrogen and oxygen atoms in total. The molecule has 0 saturated heterocycles. The van der Waals surface area contributed by atoms with Gasteiger partial charge in [0.15, 0.2) is 5.82 Å². The molecule has 0 aliphatic heterocycles. The van der Waals surface area contributed by atoms with Gasteiger partial charge in [-0.15, -0.1) is 0 Å². The number of ether oxygens (including phenoxy) is 1. The SMILES string of the molecule is COC(=O)c1c(F)cncc1I. The second-order valence-electron chi connectivity index (χ2n) is 1.97. The van der Waals surface area contributed by atoms with Gasteiger partial charge in [-0.25, -0.2) is 9.18 Å². The Hall–Kier alpha value is -0.720. The van der Waals surface area contributed by atoms with Crippen molar-refractivity contribution in [3.8, 4) is 0 Å². The minimum Gasteiger partial charge on any atom is -0.465 e. The number of hydrogen-bond donors (Lipinski definition) is 0. The molecule has 1 aromatic heterocycles. The second kappa shape index (κ2) is 3.79. The van der Waals surface area contributed by atoms with Crippen LogP contribution in [0.4, 0.5) is 4.39 Å². The molecule has 0 aliphatic rings. The molecule has 0 N–H and O–H groups in total. The van der Waals surface area contributed by atoms with E-state index in [4.69, 9.17) is 0 Å². The van der Waals surface area contributed by atoms with Crippen LogP contribution in [0.15, 0.2) is 12.4 Å². The molecule has 5 heteroatoms. The molecule has 0 spiro atoms. The first-order valence-corrected chi connectivity index (χ1v) is 4.12. The standard InChI is InChI=1S/C7H5FINO2/c1-12-7(11)6-4(8)2-10-3-5(6)9/h2-3H,1H3. The van der Waals surface area contributed by atoms with Gasteiger partial charge in [0.05, 0.1) is 13.3 Å². The van der Waals surface area contributed by atoms with E-state index in [2.05, 4.69) is 9.72 Å². The quantitative estimate of drug-likeness (QED) is 0.580. The summed E-state index contributed by atoms with van der Waals surface area (Å²) in [6.07, 6.45) is 2.38. The van der Waals surface area contributed by atoms with Crippen molar-refractivity contribution in [2.75, 3.05) is 7.11 Å². The maximum absolute atomic E-state index is 12.9. The van der Waals surface area contributed by atoms with Crippen LogP contribution >= 0.6 is 22.6 Å². The zero-order valence-corrected chi connectivity index (χ0v) is 8.33. The zero-order chi connectivity index (χ0) is 9.14. The zero-order valence-electron chi connectivity index (χ0n) is 6.17. The number of aromatic nitrogens is 1. The van der Waals surface area contributed by atoms with Crippen LogP contribution in [-0.4, -0.2) is 18.1 Å². The maximum Gasteiger partial charge on any atom is 0.342 e. The molecule has 1 aromatic rings. The summed E-state index contributed by atoms with van der Waals surface area (Å²) >= 11 is 1.82. The number of rotatable bonds is 1. The van der Waals surface area contributed by atoms with Crippen molar-refractivity contribution in [2.45, 2.75) is 0 Å². The van der Waals surface area contributed by atoms with Crippen LogP contribution in [0.2, 0.25) is 0 Å². The Morgan fingerprint density at radius 1 is 1.67 bits per heavy atom. The van der Waals surface area contributed by atoms with E-state index in [1.165, 1.54) is 13.3 Å². The molecule has 0 atom stereocenters. The third-order valence-corrected chi connectivity index (χ3v) is 2.06. The van der Waals surface area contributed by atoms with Gasteiger partial charge in [0.25, 0.3) is 0 Å². The minimum absolute atomic E-state index is 0.0619. The van der Waals surface area contributed by atoms with Gasteiger partial charge in [-0.05, 0) is 22.6 Å². The summed E-state index contributed by atoms with van der Waals surface area (Å²) in [5.74, 6) is -1.34. The number of carbonyl (C=O) groups excluding carboxylic acids is 1. The van der Waals surface area contributed by atoms with Crippen LogP contribution < -0.4 is 0 Å². The van der Waals surface area contributed by atoms with Gasteiger partial charge in [-0.1, -0.05) is 0 Å². The van der Waals surface area contributed by atoms with Crippen LogP contribution in [0.3, 0.4) is 0 Å². The van der Waals surface area contributed by atoms with Gasteiger partial charge in [-0.3, -0.25) is 4.98 Å². The van der Waals surface area contributed by atoms with Crippen LogP contribution in [-0.2, 0) is 4.74 Å². The summed E-state index contributed by atoms with van der Waals surface area (Å²) < 4.78 is 17.8. The molecule has 0 unspecified atom stereocenters. The highest BCUT2D eigenvalue weighted by Gasteiger charge is 2.15. The topological polar surface area (TPSA) is 39.2 Å². The number of pyridine rings is 1. The number of hydrogen-bond acceptors (Lipinski definition) is 3. The molecule has 1 heterocycles. The fourth-order valence-corrected chi connectivity index (χ4v) is 1.35. The van der Waals surface area contributed by atoms with E-state index >= 15 is 0 Å². The summed E-state index contributed by atoms with van der Waals surface area (Å²) in [6.45, 7) is 0. The largest absolute Gasteiger partial charge is 0.465 e. The molecule has 0 radical (unpaired) electrons. The van der Waals surface area contributed by atoms with E-state index in [1.807, 2.05) is 22.6 Å². The third kappa shape index (κ3) is 1.71.